The maximum absolute atomic E-state index is 6.46. The number of benzene rings is 1. The van der Waals surface area contributed by atoms with Crippen molar-refractivity contribution in [1.82, 2.24) is 4.98 Å². The predicted octanol–water partition coefficient (Wildman–Crippen LogP) is 3.86. The van der Waals surface area contributed by atoms with E-state index in [4.69, 9.17) is 10.5 Å². The highest BCUT2D eigenvalue weighted by Crippen LogP contribution is 2.26. The monoisotopic (exact) mass is 290 g/mol. The lowest BCUT2D eigenvalue weighted by atomic mass is 9.93. The van der Waals surface area contributed by atoms with E-state index in [9.17, 15) is 0 Å². The van der Waals surface area contributed by atoms with Crippen LogP contribution in [0.5, 0.6) is 0 Å². The molecule has 0 radical (unpaired) electrons. The lowest BCUT2D eigenvalue weighted by Gasteiger charge is -2.27. The standard InChI is InChI=1S/C16H22N2OS/c17-16(9-5-1-2-6-10-16)12-19-11-15-18-13-7-3-4-8-14(13)20-15/h3-4,7-8H,1-2,5-6,9-12,17H2. The molecule has 0 aliphatic heterocycles. The predicted molar refractivity (Wildman–Crippen MR) is 83.9 cm³/mol. The summed E-state index contributed by atoms with van der Waals surface area (Å²) in [6.07, 6.45) is 7.29. The highest BCUT2D eigenvalue weighted by atomic mass is 32.1. The third-order valence-corrected chi connectivity index (χ3v) is 5.06. The van der Waals surface area contributed by atoms with Gasteiger partial charge in [-0.3, -0.25) is 0 Å². The molecule has 0 spiro atoms. The molecular formula is C16H22N2OS. The van der Waals surface area contributed by atoms with Crippen molar-refractivity contribution in [1.29, 1.82) is 0 Å². The maximum Gasteiger partial charge on any atom is 0.120 e. The zero-order valence-corrected chi connectivity index (χ0v) is 12.6. The van der Waals surface area contributed by atoms with Crippen LogP contribution < -0.4 is 5.73 Å². The number of aromatic nitrogens is 1. The first kappa shape index (κ1) is 14.0. The molecular weight excluding hydrogens is 268 g/mol. The molecule has 3 rings (SSSR count). The van der Waals surface area contributed by atoms with Gasteiger partial charge in [0.2, 0.25) is 0 Å². The Hall–Kier alpha value is -0.970. The van der Waals surface area contributed by atoms with Crippen LogP contribution in [0, 0.1) is 0 Å². The van der Waals surface area contributed by atoms with Crippen LogP contribution >= 0.6 is 11.3 Å². The molecule has 0 amide bonds. The number of rotatable bonds is 4. The normalized spacial score (nSPS) is 19.1. The number of para-hydroxylation sites is 1. The first-order valence-corrected chi connectivity index (χ1v) is 8.28. The van der Waals surface area contributed by atoms with E-state index in [1.165, 1.54) is 30.4 Å². The summed E-state index contributed by atoms with van der Waals surface area (Å²) in [5.74, 6) is 0. The summed E-state index contributed by atoms with van der Waals surface area (Å²) in [5, 5.41) is 1.04. The van der Waals surface area contributed by atoms with E-state index in [1.807, 2.05) is 18.2 Å². The number of nitrogens with zero attached hydrogens (tertiary/aromatic N) is 1. The molecule has 0 atom stereocenters. The van der Waals surface area contributed by atoms with E-state index in [2.05, 4.69) is 11.1 Å². The Balaban J connectivity index is 1.56. The van der Waals surface area contributed by atoms with Gasteiger partial charge in [0.1, 0.15) is 5.01 Å². The molecule has 108 valence electrons. The highest BCUT2D eigenvalue weighted by molar-refractivity contribution is 7.18. The van der Waals surface area contributed by atoms with Gasteiger partial charge >= 0.3 is 0 Å². The summed E-state index contributed by atoms with van der Waals surface area (Å²) in [7, 11) is 0. The Morgan fingerprint density at radius 2 is 1.90 bits per heavy atom. The molecule has 1 saturated carbocycles. The van der Waals surface area contributed by atoms with Gasteiger partial charge in [-0.1, -0.05) is 37.8 Å². The van der Waals surface area contributed by atoms with E-state index in [-0.39, 0.29) is 5.54 Å². The Bertz CT molecular complexity index is 525. The molecule has 0 unspecified atom stereocenters. The van der Waals surface area contributed by atoms with Crippen LogP contribution in [-0.2, 0) is 11.3 Å². The molecule has 4 heteroatoms. The van der Waals surface area contributed by atoms with Crippen molar-refractivity contribution < 1.29 is 4.74 Å². The summed E-state index contributed by atoms with van der Waals surface area (Å²) in [4.78, 5) is 4.59. The molecule has 20 heavy (non-hydrogen) atoms. The second-order valence-electron chi connectivity index (χ2n) is 5.84. The highest BCUT2D eigenvalue weighted by Gasteiger charge is 2.26. The maximum atomic E-state index is 6.46. The third-order valence-electron chi connectivity index (χ3n) is 4.05. The number of ether oxygens (including phenoxy) is 1. The van der Waals surface area contributed by atoms with Crippen LogP contribution in [0.4, 0.5) is 0 Å². The SMILES string of the molecule is NC1(COCc2nc3ccccc3s2)CCCCCC1. The first-order valence-electron chi connectivity index (χ1n) is 7.46. The van der Waals surface area contributed by atoms with Crippen molar-refractivity contribution in [3.8, 4) is 0 Å². The lowest BCUT2D eigenvalue weighted by molar-refractivity contribution is 0.0667. The number of hydrogen-bond acceptors (Lipinski definition) is 4. The third kappa shape index (κ3) is 3.37. The fourth-order valence-electron chi connectivity index (χ4n) is 2.90. The second-order valence-corrected chi connectivity index (χ2v) is 6.96. The van der Waals surface area contributed by atoms with Gasteiger partial charge in [-0.15, -0.1) is 11.3 Å². The van der Waals surface area contributed by atoms with E-state index < -0.39 is 0 Å². The molecule has 1 aromatic heterocycles. The van der Waals surface area contributed by atoms with Gasteiger partial charge in [-0.05, 0) is 25.0 Å². The van der Waals surface area contributed by atoms with Gasteiger partial charge in [0.05, 0.1) is 23.4 Å². The Labute approximate surface area is 124 Å². The Kier molecular flexibility index (Phi) is 4.34. The molecule has 2 aromatic rings. The fraction of sp³-hybridized carbons (Fsp3) is 0.562. The number of nitrogens with two attached hydrogens (primary N) is 1. The number of fused-ring (bicyclic) bond motifs is 1. The average Bonchev–Trinajstić information content (AvgIpc) is 2.73. The van der Waals surface area contributed by atoms with Crippen molar-refractivity contribution in [2.75, 3.05) is 6.61 Å². The molecule has 1 aliphatic carbocycles. The van der Waals surface area contributed by atoms with Gasteiger partial charge in [-0.2, -0.15) is 0 Å². The van der Waals surface area contributed by atoms with E-state index >= 15 is 0 Å². The smallest absolute Gasteiger partial charge is 0.120 e. The van der Waals surface area contributed by atoms with Gasteiger partial charge in [-0.25, -0.2) is 4.98 Å². The summed E-state index contributed by atoms with van der Waals surface area (Å²) in [6.45, 7) is 1.24. The lowest BCUT2D eigenvalue weighted by Crippen LogP contribution is -2.43. The van der Waals surface area contributed by atoms with Crippen molar-refractivity contribution >= 4 is 21.6 Å². The molecule has 1 fully saturated rings. The largest absolute Gasteiger partial charge is 0.372 e. The molecule has 1 aromatic carbocycles. The van der Waals surface area contributed by atoms with E-state index in [0.717, 1.165) is 23.4 Å². The van der Waals surface area contributed by atoms with Crippen LogP contribution in [0.15, 0.2) is 24.3 Å². The van der Waals surface area contributed by atoms with Gasteiger partial charge in [0, 0.05) is 5.54 Å². The van der Waals surface area contributed by atoms with Crippen LogP contribution in [0.25, 0.3) is 10.2 Å². The molecule has 2 N–H and O–H groups in total. The van der Waals surface area contributed by atoms with Crippen LogP contribution in [0.2, 0.25) is 0 Å². The van der Waals surface area contributed by atoms with Crippen molar-refractivity contribution in [2.24, 2.45) is 5.73 Å². The first-order chi connectivity index (χ1) is 9.75. The minimum Gasteiger partial charge on any atom is -0.372 e. The Morgan fingerprint density at radius 1 is 1.15 bits per heavy atom. The van der Waals surface area contributed by atoms with Crippen LogP contribution in [-0.4, -0.2) is 17.1 Å². The molecule has 0 saturated heterocycles. The minimum atomic E-state index is -0.118. The molecule has 0 bridgehead atoms. The molecule has 3 nitrogen and oxygen atoms in total. The van der Waals surface area contributed by atoms with Crippen LogP contribution in [0.3, 0.4) is 0 Å². The van der Waals surface area contributed by atoms with E-state index in [1.54, 1.807) is 11.3 Å². The van der Waals surface area contributed by atoms with Crippen molar-refractivity contribution in [3.63, 3.8) is 0 Å². The topological polar surface area (TPSA) is 48.1 Å². The summed E-state index contributed by atoms with van der Waals surface area (Å²) >= 11 is 1.71. The van der Waals surface area contributed by atoms with Crippen LogP contribution in [0.1, 0.15) is 43.5 Å². The average molecular weight is 290 g/mol. The number of hydrogen-bond donors (Lipinski definition) is 1. The summed E-state index contributed by atoms with van der Waals surface area (Å²) in [6, 6.07) is 8.22. The number of thiazole rings is 1. The zero-order valence-electron chi connectivity index (χ0n) is 11.8. The van der Waals surface area contributed by atoms with Crippen molar-refractivity contribution in [3.05, 3.63) is 29.3 Å². The quantitative estimate of drug-likeness (QED) is 0.870. The van der Waals surface area contributed by atoms with Gasteiger partial charge in [0.15, 0.2) is 0 Å². The zero-order chi connectivity index (χ0) is 13.8. The van der Waals surface area contributed by atoms with Crippen molar-refractivity contribution in [2.45, 2.75) is 50.7 Å². The summed E-state index contributed by atoms with van der Waals surface area (Å²) < 4.78 is 7.10. The Morgan fingerprint density at radius 3 is 2.65 bits per heavy atom. The van der Waals surface area contributed by atoms with Gasteiger partial charge < -0.3 is 10.5 Å². The molecule has 1 heterocycles. The van der Waals surface area contributed by atoms with Gasteiger partial charge in [0.25, 0.3) is 0 Å². The summed E-state index contributed by atoms with van der Waals surface area (Å²) in [5.41, 5.74) is 7.40. The fourth-order valence-corrected chi connectivity index (χ4v) is 3.81. The molecule has 1 aliphatic rings. The minimum absolute atomic E-state index is 0.118. The second kappa shape index (κ2) is 6.20. The van der Waals surface area contributed by atoms with E-state index in [0.29, 0.717) is 13.2 Å².